The standard InChI is InChI=1S/C20H39IO4/c1-2-3-4-5-6-7-10-13-20(22)25-19-18-24-17-16-23-15-12-9-8-11-14-21/h2-19H2,1H3. The molecule has 0 saturated heterocycles. The minimum Gasteiger partial charge on any atom is -0.463 e. The molecular formula is C20H39IO4. The van der Waals surface area contributed by atoms with Gasteiger partial charge < -0.3 is 14.2 Å². The third-order valence-electron chi connectivity index (χ3n) is 4.02. The molecular weight excluding hydrogens is 431 g/mol. The number of hydrogen-bond acceptors (Lipinski definition) is 4. The Morgan fingerprint density at radius 3 is 1.96 bits per heavy atom. The summed E-state index contributed by atoms with van der Waals surface area (Å²) in [4.78, 5) is 11.6. The maximum absolute atomic E-state index is 11.6. The normalized spacial score (nSPS) is 11.0. The van der Waals surface area contributed by atoms with Crippen LogP contribution in [0.3, 0.4) is 0 Å². The third-order valence-corrected chi connectivity index (χ3v) is 4.78. The summed E-state index contributed by atoms with van der Waals surface area (Å²) in [6, 6.07) is 0. The van der Waals surface area contributed by atoms with Gasteiger partial charge in [-0.25, -0.2) is 0 Å². The van der Waals surface area contributed by atoms with Crippen LogP contribution >= 0.6 is 22.6 Å². The Hall–Kier alpha value is 0.120. The zero-order valence-corrected chi connectivity index (χ0v) is 18.4. The lowest BCUT2D eigenvalue weighted by atomic mass is 10.1. The van der Waals surface area contributed by atoms with Crippen LogP contribution in [0.25, 0.3) is 0 Å². The van der Waals surface area contributed by atoms with E-state index >= 15 is 0 Å². The first-order chi connectivity index (χ1) is 12.3. The molecule has 150 valence electrons. The molecule has 0 aromatic rings. The van der Waals surface area contributed by atoms with Crippen molar-refractivity contribution in [2.24, 2.45) is 0 Å². The Kier molecular flexibility index (Phi) is 22.3. The highest BCUT2D eigenvalue weighted by Crippen LogP contribution is 2.08. The van der Waals surface area contributed by atoms with Gasteiger partial charge in [-0.1, -0.05) is 80.9 Å². The van der Waals surface area contributed by atoms with E-state index in [2.05, 4.69) is 29.5 Å². The lowest BCUT2D eigenvalue weighted by molar-refractivity contribution is -0.145. The molecule has 0 aromatic carbocycles. The number of hydrogen-bond donors (Lipinski definition) is 0. The van der Waals surface area contributed by atoms with Gasteiger partial charge in [-0.2, -0.15) is 0 Å². The predicted molar refractivity (Wildman–Crippen MR) is 113 cm³/mol. The van der Waals surface area contributed by atoms with Gasteiger partial charge in [0.2, 0.25) is 0 Å². The smallest absolute Gasteiger partial charge is 0.305 e. The zero-order valence-electron chi connectivity index (χ0n) is 16.2. The number of ether oxygens (including phenoxy) is 3. The molecule has 0 rings (SSSR count). The first-order valence-electron chi connectivity index (χ1n) is 10.2. The minimum absolute atomic E-state index is 0.0973. The van der Waals surface area contributed by atoms with Crippen LogP contribution in [-0.2, 0) is 19.0 Å². The highest BCUT2D eigenvalue weighted by molar-refractivity contribution is 14.1. The molecule has 0 aliphatic rings. The van der Waals surface area contributed by atoms with Crippen LogP contribution in [0.1, 0.15) is 84.0 Å². The fourth-order valence-electron chi connectivity index (χ4n) is 2.49. The van der Waals surface area contributed by atoms with E-state index in [1.54, 1.807) is 0 Å². The number of rotatable bonds is 20. The lowest BCUT2D eigenvalue weighted by Crippen LogP contribution is -2.13. The molecule has 0 atom stereocenters. The Bertz CT molecular complexity index is 274. The molecule has 0 fully saturated rings. The van der Waals surface area contributed by atoms with Gasteiger partial charge in [-0.3, -0.25) is 4.79 Å². The van der Waals surface area contributed by atoms with Crippen molar-refractivity contribution >= 4 is 28.6 Å². The number of halogens is 1. The van der Waals surface area contributed by atoms with Crippen molar-refractivity contribution in [3.8, 4) is 0 Å². The second kappa shape index (κ2) is 22.2. The summed E-state index contributed by atoms with van der Waals surface area (Å²) in [6.45, 7) is 5.05. The first kappa shape index (κ1) is 25.1. The molecule has 0 saturated carbocycles. The number of carbonyl (C=O) groups is 1. The number of alkyl halides is 1. The van der Waals surface area contributed by atoms with Gasteiger partial charge in [0.15, 0.2) is 0 Å². The van der Waals surface area contributed by atoms with E-state index in [9.17, 15) is 4.79 Å². The van der Waals surface area contributed by atoms with E-state index in [1.807, 2.05) is 0 Å². The molecule has 5 heteroatoms. The van der Waals surface area contributed by atoms with Crippen molar-refractivity contribution in [3.63, 3.8) is 0 Å². The van der Waals surface area contributed by atoms with Crippen molar-refractivity contribution in [2.45, 2.75) is 84.0 Å². The van der Waals surface area contributed by atoms with Gasteiger partial charge >= 0.3 is 5.97 Å². The fourth-order valence-corrected chi connectivity index (χ4v) is 3.03. The van der Waals surface area contributed by atoms with E-state index in [-0.39, 0.29) is 5.97 Å². The second-order valence-electron chi connectivity index (χ2n) is 6.42. The average Bonchev–Trinajstić information content (AvgIpc) is 2.62. The number of esters is 1. The van der Waals surface area contributed by atoms with Crippen LogP contribution < -0.4 is 0 Å². The Balaban J connectivity index is 3.12. The van der Waals surface area contributed by atoms with E-state index < -0.39 is 0 Å². The fraction of sp³-hybridized carbons (Fsp3) is 0.950. The van der Waals surface area contributed by atoms with Crippen LogP contribution in [0.5, 0.6) is 0 Å². The lowest BCUT2D eigenvalue weighted by Gasteiger charge is -2.07. The molecule has 25 heavy (non-hydrogen) atoms. The molecule has 0 N–H and O–H groups in total. The molecule has 0 spiro atoms. The SMILES string of the molecule is CCCCCCCCCC(=O)OCCOCCOCCCCCCI. The molecule has 0 radical (unpaired) electrons. The first-order valence-corrected chi connectivity index (χ1v) is 11.7. The van der Waals surface area contributed by atoms with Gasteiger partial charge in [0.05, 0.1) is 19.8 Å². The molecule has 0 aliphatic carbocycles. The van der Waals surface area contributed by atoms with Gasteiger partial charge in [0.1, 0.15) is 6.61 Å². The quantitative estimate of drug-likeness (QED) is 0.0992. The second-order valence-corrected chi connectivity index (χ2v) is 7.50. The predicted octanol–water partition coefficient (Wildman–Crippen LogP) is 5.70. The Labute approximate surface area is 168 Å². The van der Waals surface area contributed by atoms with Crippen LogP contribution in [-0.4, -0.2) is 43.4 Å². The summed E-state index contributed by atoms with van der Waals surface area (Å²) in [5, 5.41) is 0. The van der Waals surface area contributed by atoms with Crippen LogP contribution in [0, 0.1) is 0 Å². The van der Waals surface area contributed by atoms with Crippen molar-refractivity contribution < 1.29 is 19.0 Å². The number of carbonyl (C=O) groups excluding carboxylic acids is 1. The highest BCUT2D eigenvalue weighted by atomic mass is 127. The Morgan fingerprint density at radius 2 is 1.24 bits per heavy atom. The topological polar surface area (TPSA) is 44.8 Å². The summed E-state index contributed by atoms with van der Waals surface area (Å²) in [7, 11) is 0. The average molecular weight is 470 g/mol. The largest absolute Gasteiger partial charge is 0.463 e. The summed E-state index contributed by atoms with van der Waals surface area (Å²) in [5.41, 5.74) is 0. The van der Waals surface area contributed by atoms with Gasteiger partial charge in [0, 0.05) is 13.0 Å². The molecule has 0 heterocycles. The summed E-state index contributed by atoms with van der Waals surface area (Å²) in [6.07, 6.45) is 14.0. The monoisotopic (exact) mass is 470 g/mol. The zero-order chi connectivity index (χ0) is 18.4. The van der Waals surface area contributed by atoms with Crippen molar-refractivity contribution in [1.29, 1.82) is 0 Å². The van der Waals surface area contributed by atoms with Gasteiger partial charge in [-0.05, 0) is 23.7 Å². The maximum atomic E-state index is 11.6. The molecule has 0 amide bonds. The highest BCUT2D eigenvalue weighted by Gasteiger charge is 2.02. The molecule has 4 nitrogen and oxygen atoms in total. The van der Waals surface area contributed by atoms with Crippen molar-refractivity contribution in [1.82, 2.24) is 0 Å². The van der Waals surface area contributed by atoms with E-state index in [4.69, 9.17) is 14.2 Å². The van der Waals surface area contributed by atoms with Crippen LogP contribution in [0.4, 0.5) is 0 Å². The van der Waals surface area contributed by atoms with Crippen LogP contribution in [0.2, 0.25) is 0 Å². The van der Waals surface area contributed by atoms with Crippen LogP contribution in [0.15, 0.2) is 0 Å². The van der Waals surface area contributed by atoms with Crippen molar-refractivity contribution in [2.75, 3.05) is 37.5 Å². The summed E-state index contributed by atoms with van der Waals surface area (Å²) >= 11 is 2.42. The summed E-state index contributed by atoms with van der Waals surface area (Å²) < 4.78 is 17.3. The van der Waals surface area contributed by atoms with Gasteiger partial charge in [-0.15, -0.1) is 0 Å². The summed E-state index contributed by atoms with van der Waals surface area (Å²) in [5.74, 6) is -0.0973. The molecule has 0 aliphatic heterocycles. The molecule has 0 bridgehead atoms. The third kappa shape index (κ3) is 22.1. The Morgan fingerprint density at radius 1 is 0.680 bits per heavy atom. The molecule has 0 aromatic heterocycles. The van der Waals surface area contributed by atoms with Gasteiger partial charge in [0.25, 0.3) is 0 Å². The van der Waals surface area contributed by atoms with E-state index in [1.165, 1.54) is 55.8 Å². The van der Waals surface area contributed by atoms with E-state index in [0.29, 0.717) is 32.8 Å². The van der Waals surface area contributed by atoms with E-state index in [0.717, 1.165) is 25.9 Å². The maximum Gasteiger partial charge on any atom is 0.305 e. The number of unbranched alkanes of at least 4 members (excludes halogenated alkanes) is 9. The van der Waals surface area contributed by atoms with Crippen molar-refractivity contribution in [3.05, 3.63) is 0 Å². The minimum atomic E-state index is -0.0973. The molecule has 0 unspecified atom stereocenters.